The molecule has 0 amide bonds. The fourth-order valence-corrected chi connectivity index (χ4v) is 12.2. The zero-order valence-electron chi connectivity index (χ0n) is 36.0. The van der Waals surface area contributed by atoms with E-state index >= 15 is 0 Å². The second-order valence-corrected chi connectivity index (χ2v) is 19.6. The molecule has 0 fully saturated rings. The van der Waals surface area contributed by atoms with Crippen molar-refractivity contribution < 1.29 is 4.42 Å². The summed E-state index contributed by atoms with van der Waals surface area (Å²) in [6.07, 6.45) is 2.36. The van der Waals surface area contributed by atoms with Crippen LogP contribution in [0.5, 0.6) is 0 Å². The van der Waals surface area contributed by atoms with E-state index in [9.17, 15) is 0 Å². The number of para-hydroxylation sites is 3. The van der Waals surface area contributed by atoms with Gasteiger partial charge in [0.15, 0.2) is 7.28 Å². The van der Waals surface area contributed by atoms with Crippen molar-refractivity contribution in [3.63, 3.8) is 0 Å². The molecule has 13 rings (SSSR count). The van der Waals surface area contributed by atoms with Crippen molar-refractivity contribution in [3.8, 4) is 22.3 Å². The lowest BCUT2D eigenvalue weighted by Gasteiger charge is -2.48. The summed E-state index contributed by atoms with van der Waals surface area (Å²) < 4.78 is 6.60. The maximum atomic E-state index is 6.60. The van der Waals surface area contributed by atoms with Crippen LogP contribution in [-0.4, -0.2) is 7.28 Å². The van der Waals surface area contributed by atoms with Crippen LogP contribution >= 0.6 is 0 Å². The number of hydrogen-bond acceptors (Lipinski definition) is 3. The number of furan rings is 1. The second-order valence-electron chi connectivity index (χ2n) is 19.6. The second kappa shape index (κ2) is 12.4. The van der Waals surface area contributed by atoms with Gasteiger partial charge in [0, 0.05) is 28.0 Å². The van der Waals surface area contributed by atoms with Crippen LogP contribution in [0.4, 0.5) is 28.4 Å². The van der Waals surface area contributed by atoms with Crippen molar-refractivity contribution in [2.75, 3.05) is 10.2 Å². The standard InChI is InChI=1S/C58H47BN2O/c1-34-31-40(38-26-28-51-52(39-17-8-13-24-50(39)62-51)54(38)60-35-25-27-43-46(33-35)57(4,5)30-29-56(43,2)3)53-49(32-34)61-48-23-12-11-20-44(48)58(45-21-14-22-47(59-53)55(45)61)41-18-9-6-15-36(41)37-16-7-10-19-42(37)58/h6-28,31-33,59-60H,29-30H2,1-5H3. The Morgan fingerprint density at radius 3 is 2.00 bits per heavy atom. The number of benzene rings is 8. The Bertz CT molecular complexity index is 3360. The first-order valence-electron chi connectivity index (χ1n) is 22.4. The van der Waals surface area contributed by atoms with Gasteiger partial charge in [0.25, 0.3) is 0 Å². The van der Waals surface area contributed by atoms with Gasteiger partial charge < -0.3 is 14.6 Å². The van der Waals surface area contributed by atoms with E-state index in [1.54, 1.807) is 0 Å². The van der Waals surface area contributed by atoms with Gasteiger partial charge in [-0.2, -0.15) is 0 Å². The fourth-order valence-electron chi connectivity index (χ4n) is 12.2. The molecule has 2 aliphatic carbocycles. The van der Waals surface area contributed by atoms with Gasteiger partial charge in [-0.05, 0) is 134 Å². The Balaban J connectivity index is 1.06. The van der Waals surface area contributed by atoms with E-state index < -0.39 is 5.41 Å². The zero-order valence-corrected chi connectivity index (χ0v) is 36.0. The third-order valence-corrected chi connectivity index (χ3v) is 15.2. The fraction of sp³-hybridized carbons (Fsp3) is 0.172. The van der Waals surface area contributed by atoms with Crippen LogP contribution in [0.3, 0.4) is 0 Å². The zero-order chi connectivity index (χ0) is 41.7. The summed E-state index contributed by atoms with van der Waals surface area (Å²) in [5, 5.41) is 6.33. The SMILES string of the molecule is Cc1cc(-c2ccc3oc4ccccc4c3c2Nc2ccc3c(c2)C(C)(C)CCC3(C)C)c2c(c1)N1c3ccccc3C3(c4ccccc4-c4ccccc43)c3cccc(c31)B2. The first-order valence-corrected chi connectivity index (χ1v) is 22.4. The highest BCUT2D eigenvalue weighted by molar-refractivity contribution is 6.73. The number of nitrogens with one attached hydrogen (secondary N) is 1. The van der Waals surface area contributed by atoms with Gasteiger partial charge in [-0.25, -0.2) is 0 Å². The van der Waals surface area contributed by atoms with Crippen LogP contribution in [0.15, 0.2) is 162 Å². The number of anilines is 5. The highest BCUT2D eigenvalue weighted by Crippen LogP contribution is 2.63. The van der Waals surface area contributed by atoms with Gasteiger partial charge in [0.2, 0.25) is 0 Å². The molecule has 0 radical (unpaired) electrons. The van der Waals surface area contributed by atoms with Crippen LogP contribution in [-0.2, 0) is 16.2 Å². The van der Waals surface area contributed by atoms with Crippen LogP contribution in [0.1, 0.15) is 79.5 Å². The van der Waals surface area contributed by atoms with E-state index in [0.29, 0.717) is 0 Å². The lowest BCUT2D eigenvalue weighted by Crippen LogP contribution is -2.47. The molecule has 4 heteroatoms. The Morgan fingerprint density at radius 2 is 1.21 bits per heavy atom. The first-order chi connectivity index (χ1) is 30.1. The highest BCUT2D eigenvalue weighted by atomic mass is 16.3. The predicted molar refractivity (Wildman–Crippen MR) is 261 cm³/mol. The number of aryl methyl sites for hydroxylation is 1. The molecule has 298 valence electrons. The van der Waals surface area contributed by atoms with Gasteiger partial charge in [0.05, 0.1) is 22.2 Å². The summed E-state index contributed by atoms with van der Waals surface area (Å²) in [4.78, 5) is 2.61. The molecule has 0 saturated heterocycles. The van der Waals surface area contributed by atoms with Crippen LogP contribution in [0.2, 0.25) is 0 Å². The maximum Gasteiger partial charge on any atom is 0.198 e. The Labute approximate surface area is 364 Å². The molecule has 0 bridgehead atoms. The van der Waals surface area contributed by atoms with Crippen molar-refractivity contribution in [1.29, 1.82) is 0 Å². The quantitative estimate of drug-likeness (QED) is 0.181. The molecule has 2 aliphatic heterocycles. The number of rotatable bonds is 3. The van der Waals surface area contributed by atoms with E-state index in [1.165, 1.54) is 102 Å². The topological polar surface area (TPSA) is 28.4 Å². The molecule has 0 unspecified atom stereocenters. The van der Waals surface area contributed by atoms with Gasteiger partial charge in [-0.1, -0.05) is 148 Å². The first kappa shape index (κ1) is 35.9. The molecule has 1 spiro atoms. The Kier molecular flexibility index (Phi) is 7.20. The molecule has 3 heterocycles. The van der Waals surface area contributed by atoms with E-state index in [1.807, 2.05) is 0 Å². The van der Waals surface area contributed by atoms with Gasteiger partial charge >= 0.3 is 0 Å². The predicted octanol–water partition coefficient (Wildman–Crippen LogP) is 13.5. The van der Waals surface area contributed by atoms with Crippen molar-refractivity contribution in [2.24, 2.45) is 0 Å². The van der Waals surface area contributed by atoms with Crippen molar-refractivity contribution in [1.82, 2.24) is 0 Å². The molecular weight excluding hydrogens is 751 g/mol. The molecule has 1 N–H and O–H groups in total. The molecule has 4 aliphatic rings. The molecule has 0 atom stereocenters. The van der Waals surface area contributed by atoms with Gasteiger partial charge in [-0.15, -0.1) is 0 Å². The minimum absolute atomic E-state index is 0.0908. The summed E-state index contributed by atoms with van der Waals surface area (Å²) >= 11 is 0. The van der Waals surface area contributed by atoms with Crippen LogP contribution in [0, 0.1) is 6.92 Å². The Morgan fingerprint density at radius 1 is 0.532 bits per heavy atom. The van der Waals surface area contributed by atoms with Gasteiger partial charge in [0.1, 0.15) is 11.2 Å². The summed E-state index contributed by atoms with van der Waals surface area (Å²) in [7, 11) is 0.817. The lowest BCUT2D eigenvalue weighted by molar-refractivity contribution is 0.332. The average Bonchev–Trinajstić information content (AvgIpc) is 3.81. The summed E-state index contributed by atoms with van der Waals surface area (Å²) in [5.41, 5.74) is 24.9. The van der Waals surface area contributed by atoms with Crippen LogP contribution < -0.4 is 21.1 Å². The molecule has 9 aromatic rings. The van der Waals surface area contributed by atoms with Crippen molar-refractivity contribution in [2.45, 2.75) is 63.7 Å². The third-order valence-electron chi connectivity index (χ3n) is 15.2. The van der Waals surface area contributed by atoms with E-state index in [2.05, 4.69) is 203 Å². The number of hydrogen-bond donors (Lipinski definition) is 1. The number of nitrogens with zero attached hydrogens (tertiary/aromatic N) is 1. The highest BCUT2D eigenvalue weighted by Gasteiger charge is 2.53. The van der Waals surface area contributed by atoms with E-state index in [-0.39, 0.29) is 10.8 Å². The number of fused-ring (bicyclic) bond motifs is 15. The molecule has 0 saturated carbocycles. The van der Waals surface area contributed by atoms with Gasteiger partial charge in [-0.3, -0.25) is 0 Å². The smallest absolute Gasteiger partial charge is 0.198 e. The molecular formula is C58H47BN2O. The summed E-state index contributed by atoms with van der Waals surface area (Å²) in [6.45, 7) is 11.9. The van der Waals surface area contributed by atoms with E-state index in [4.69, 9.17) is 4.42 Å². The van der Waals surface area contributed by atoms with Crippen molar-refractivity contribution in [3.05, 3.63) is 197 Å². The van der Waals surface area contributed by atoms with Crippen LogP contribution in [0.25, 0.3) is 44.2 Å². The molecule has 62 heavy (non-hydrogen) atoms. The molecule has 3 nitrogen and oxygen atoms in total. The largest absolute Gasteiger partial charge is 0.456 e. The summed E-state index contributed by atoms with van der Waals surface area (Å²) in [6, 6.07) is 59.4. The Hall–Kier alpha value is -6.78. The summed E-state index contributed by atoms with van der Waals surface area (Å²) in [5.74, 6) is 0. The maximum absolute atomic E-state index is 6.60. The lowest BCUT2D eigenvalue weighted by atomic mass is 9.54. The third kappa shape index (κ3) is 4.67. The average molecular weight is 799 g/mol. The molecule has 1 aromatic heterocycles. The van der Waals surface area contributed by atoms with E-state index in [0.717, 1.165) is 40.6 Å². The van der Waals surface area contributed by atoms with Crippen molar-refractivity contribution >= 4 is 68.6 Å². The minimum atomic E-state index is -0.432. The monoisotopic (exact) mass is 798 g/mol. The normalized spacial score (nSPS) is 16.5. The molecule has 8 aromatic carbocycles. The minimum Gasteiger partial charge on any atom is -0.456 e.